The second kappa shape index (κ2) is 10.2. The van der Waals surface area contributed by atoms with Gasteiger partial charge in [-0.3, -0.25) is 14.7 Å². The Bertz CT molecular complexity index is 1180. The molecule has 2 aromatic carbocycles. The molecule has 1 aliphatic heterocycles. The van der Waals surface area contributed by atoms with E-state index in [9.17, 15) is 9.59 Å². The third-order valence-electron chi connectivity index (χ3n) is 5.39. The standard InChI is InChI=1S/C12H16N2O.C11H8N4OS/c13-8-12(15)14-7-6-11(9-14)10-4-2-1-3-5-10;16-6-12-11-15-9-2-1-7(3-10(9)17-11)8-4-13-14-5-8/h1-5,11H,6-9,13H2;1-6H,(H,13,14)(H,12,15,16). The third kappa shape index (κ3) is 5.01. The first kappa shape index (κ1) is 21.7. The number of nitrogens with two attached hydrogens (primary N) is 1. The van der Waals surface area contributed by atoms with Crippen molar-refractivity contribution in [3.8, 4) is 11.1 Å². The van der Waals surface area contributed by atoms with Crippen LogP contribution in [0.3, 0.4) is 0 Å². The molecule has 1 fully saturated rings. The number of nitrogens with zero attached hydrogens (tertiary/aromatic N) is 3. The zero-order valence-electron chi connectivity index (χ0n) is 17.4. The predicted octanol–water partition coefficient (Wildman–Crippen LogP) is 3.22. The van der Waals surface area contributed by atoms with Crippen LogP contribution in [0.2, 0.25) is 0 Å². The fourth-order valence-corrected chi connectivity index (χ4v) is 4.60. The summed E-state index contributed by atoms with van der Waals surface area (Å²) in [5.74, 6) is 0.551. The summed E-state index contributed by atoms with van der Waals surface area (Å²) in [6.07, 6.45) is 5.30. The maximum absolute atomic E-state index is 11.4. The van der Waals surface area contributed by atoms with Crippen LogP contribution in [-0.4, -0.2) is 52.0 Å². The van der Waals surface area contributed by atoms with Gasteiger partial charge in [-0.25, -0.2) is 4.98 Å². The molecule has 0 bridgehead atoms. The van der Waals surface area contributed by atoms with Crippen LogP contribution in [0.5, 0.6) is 0 Å². The molecule has 1 unspecified atom stereocenters. The van der Waals surface area contributed by atoms with Gasteiger partial charge in [-0.2, -0.15) is 5.10 Å². The summed E-state index contributed by atoms with van der Waals surface area (Å²) in [5.41, 5.74) is 9.66. The summed E-state index contributed by atoms with van der Waals surface area (Å²) in [5, 5.41) is 9.87. The van der Waals surface area contributed by atoms with Gasteiger partial charge in [0.1, 0.15) is 0 Å². The van der Waals surface area contributed by atoms with E-state index in [-0.39, 0.29) is 12.5 Å². The van der Waals surface area contributed by atoms with Crippen molar-refractivity contribution < 1.29 is 9.59 Å². The maximum atomic E-state index is 11.4. The molecule has 164 valence electrons. The van der Waals surface area contributed by atoms with E-state index in [1.807, 2.05) is 47.5 Å². The van der Waals surface area contributed by atoms with Crippen molar-refractivity contribution >= 4 is 39.0 Å². The molecule has 1 saturated heterocycles. The summed E-state index contributed by atoms with van der Waals surface area (Å²) in [4.78, 5) is 27.9. The summed E-state index contributed by atoms with van der Waals surface area (Å²) in [7, 11) is 0. The number of H-pyrrole nitrogens is 1. The number of carbonyl (C=O) groups is 2. The van der Waals surface area contributed by atoms with E-state index in [4.69, 9.17) is 5.73 Å². The smallest absolute Gasteiger partial charge is 0.236 e. The molecular weight excluding hydrogens is 424 g/mol. The number of hydrogen-bond donors (Lipinski definition) is 3. The SMILES string of the molecule is NCC(=O)N1CCC(c2ccccc2)C1.O=CNc1nc2ccc(-c3cn[nH]c3)cc2s1. The van der Waals surface area contributed by atoms with Crippen LogP contribution in [0, 0.1) is 0 Å². The molecule has 4 aromatic rings. The summed E-state index contributed by atoms with van der Waals surface area (Å²) in [6.45, 7) is 1.79. The van der Waals surface area contributed by atoms with Crippen LogP contribution in [-0.2, 0) is 9.59 Å². The average Bonchev–Trinajstić information content (AvgIpc) is 3.60. The van der Waals surface area contributed by atoms with E-state index in [0.29, 0.717) is 17.5 Å². The van der Waals surface area contributed by atoms with Gasteiger partial charge >= 0.3 is 0 Å². The molecule has 0 radical (unpaired) electrons. The summed E-state index contributed by atoms with van der Waals surface area (Å²) in [6, 6.07) is 16.3. The van der Waals surface area contributed by atoms with Gasteiger partial charge in [0.15, 0.2) is 5.13 Å². The predicted molar refractivity (Wildman–Crippen MR) is 126 cm³/mol. The van der Waals surface area contributed by atoms with Gasteiger partial charge in [0.2, 0.25) is 12.3 Å². The second-order valence-electron chi connectivity index (χ2n) is 7.39. The molecule has 2 aromatic heterocycles. The van der Waals surface area contributed by atoms with Crippen LogP contribution < -0.4 is 11.1 Å². The van der Waals surface area contributed by atoms with E-state index in [0.717, 1.165) is 40.9 Å². The number of carbonyl (C=O) groups excluding carboxylic acids is 2. The van der Waals surface area contributed by atoms with Crippen molar-refractivity contribution in [2.45, 2.75) is 12.3 Å². The largest absolute Gasteiger partial charge is 0.341 e. The number of thiazole rings is 1. The molecule has 2 amide bonds. The van der Waals surface area contributed by atoms with Crippen molar-refractivity contribution in [2.24, 2.45) is 5.73 Å². The van der Waals surface area contributed by atoms with Crippen LogP contribution in [0.25, 0.3) is 21.3 Å². The highest BCUT2D eigenvalue weighted by atomic mass is 32.1. The maximum Gasteiger partial charge on any atom is 0.236 e. The Morgan fingerprint density at radius 1 is 1.25 bits per heavy atom. The third-order valence-corrected chi connectivity index (χ3v) is 6.34. The van der Waals surface area contributed by atoms with E-state index >= 15 is 0 Å². The minimum absolute atomic E-state index is 0.0634. The van der Waals surface area contributed by atoms with Crippen molar-refractivity contribution in [2.75, 3.05) is 25.0 Å². The number of aromatic nitrogens is 3. The molecule has 1 atom stereocenters. The van der Waals surface area contributed by atoms with Gasteiger partial charge in [0.05, 0.1) is 23.0 Å². The van der Waals surface area contributed by atoms with Gasteiger partial charge in [-0.1, -0.05) is 47.7 Å². The van der Waals surface area contributed by atoms with Crippen molar-refractivity contribution in [1.29, 1.82) is 0 Å². The molecule has 3 heterocycles. The number of amides is 2. The lowest BCUT2D eigenvalue weighted by Crippen LogP contribution is -2.33. The first-order valence-electron chi connectivity index (χ1n) is 10.3. The fourth-order valence-electron chi connectivity index (χ4n) is 3.74. The zero-order chi connectivity index (χ0) is 22.3. The first-order valence-corrected chi connectivity index (χ1v) is 11.1. The van der Waals surface area contributed by atoms with Crippen LogP contribution in [0.1, 0.15) is 17.9 Å². The first-order chi connectivity index (χ1) is 15.7. The summed E-state index contributed by atoms with van der Waals surface area (Å²) >= 11 is 1.45. The highest BCUT2D eigenvalue weighted by Crippen LogP contribution is 2.30. The normalized spacial score (nSPS) is 15.3. The van der Waals surface area contributed by atoms with Crippen molar-refractivity contribution in [1.82, 2.24) is 20.1 Å². The number of likely N-dealkylation sites (tertiary alicyclic amines) is 1. The molecule has 8 nitrogen and oxygen atoms in total. The Balaban J connectivity index is 0.000000155. The minimum atomic E-state index is 0.0634. The molecular formula is C23H24N6O2S. The molecule has 32 heavy (non-hydrogen) atoms. The fraction of sp³-hybridized carbons (Fsp3) is 0.217. The van der Waals surface area contributed by atoms with Crippen molar-refractivity contribution in [3.63, 3.8) is 0 Å². The average molecular weight is 449 g/mol. The van der Waals surface area contributed by atoms with Crippen LogP contribution in [0.15, 0.2) is 60.9 Å². The lowest BCUT2D eigenvalue weighted by molar-refractivity contribution is -0.128. The molecule has 0 spiro atoms. The van der Waals surface area contributed by atoms with Crippen LogP contribution >= 0.6 is 11.3 Å². The van der Waals surface area contributed by atoms with Gasteiger partial charge in [0.25, 0.3) is 0 Å². The Hall–Kier alpha value is -3.56. The number of benzene rings is 2. The van der Waals surface area contributed by atoms with Gasteiger partial charge < -0.3 is 16.0 Å². The molecule has 0 aliphatic carbocycles. The minimum Gasteiger partial charge on any atom is -0.341 e. The van der Waals surface area contributed by atoms with Gasteiger partial charge in [-0.15, -0.1) is 0 Å². The Morgan fingerprint density at radius 2 is 2.09 bits per heavy atom. The van der Waals surface area contributed by atoms with E-state index in [1.54, 1.807) is 6.20 Å². The summed E-state index contributed by atoms with van der Waals surface area (Å²) < 4.78 is 1.04. The second-order valence-corrected chi connectivity index (χ2v) is 8.42. The highest BCUT2D eigenvalue weighted by Gasteiger charge is 2.26. The molecule has 5 rings (SSSR count). The molecule has 4 N–H and O–H groups in total. The lowest BCUT2D eigenvalue weighted by Gasteiger charge is -2.15. The van der Waals surface area contributed by atoms with Crippen LogP contribution in [0.4, 0.5) is 5.13 Å². The zero-order valence-corrected chi connectivity index (χ0v) is 18.2. The highest BCUT2D eigenvalue weighted by molar-refractivity contribution is 7.22. The van der Waals surface area contributed by atoms with E-state index in [1.165, 1.54) is 16.9 Å². The molecule has 9 heteroatoms. The number of nitrogens with one attached hydrogen (secondary N) is 2. The Labute approximate surface area is 189 Å². The lowest BCUT2D eigenvalue weighted by atomic mass is 9.99. The van der Waals surface area contributed by atoms with E-state index < -0.39 is 0 Å². The Kier molecular flexibility index (Phi) is 6.88. The topological polar surface area (TPSA) is 117 Å². The monoisotopic (exact) mass is 448 g/mol. The molecule has 1 aliphatic rings. The van der Waals surface area contributed by atoms with E-state index in [2.05, 4.69) is 32.6 Å². The van der Waals surface area contributed by atoms with Gasteiger partial charge in [0, 0.05) is 30.8 Å². The Morgan fingerprint density at radius 3 is 2.81 bits per heavy atom. The number of aromatic amines is 1. The van der Waals surface area contributed by atoms with Crippen molar-refractivity contribution in [3.05, 3.63) is 66.5 Å². The quantitative estimate of drug-likeness (QED) is 0.405. The number of hydrogen-bond acceptors (Lipinski definition) is 6. The van der Waals surface area contributed by atoms with Gasteiger partial charge in [-0.05, 0) is 29.7 Å². The number of fused-ring (bicyclic) bond motifs is 1. The number of anilines is 1. The molecule has 0 saturated carbocycles. The number of rotatable bonds is 5.